The fourth-order valence-corrected chi connectivity index (χ4v) is 3.84. The van der Waals surface area contributed by atoms with Gasteiger partial charge in [-0.2, -0.15) is 5.10 Å². The summed E-state index contributed by atoms with van der Waals surface area (Å²) >= 11 is 0. The van der Waals surface area contributed by atoms with Crippen molar-refractivity contribution in [2.45, 2.75) is 44.6 Å². The summed E-state index contributed by atoms with van der Waals surface area (Å²) in [5.41, 5.74) is 8.96. The molecule has 1 aromatic heterocycles. The minimum atomic E-state index is 0. The van der Waals surface area contributed by atoms with Crippen LogP contribution in [0.2, 0.25) is 0 Å². The number of rotatable bonds is 4. The number of hydrogen-bond donors (Lipinski definition) is 1. The highest BCUT2D eigenvalue weighted by atomic mass is 35.5. The monoisotopic (exact) mass is 374 g/mol. The molecule has 5 nitrogen and oxygen atoms in total. The van der Waals surface area contributed by atoms with Crippen molar-refractivity contribution in [1.82, 2.24) is 14.7 Å². The van der Waals surface area contributed by atoms with Gasteiger partial charge in [-0.1, -0.05) is 18.2 Å². The van der Waals surface area contributed by atoms with Gasteiger partial charge in [-0.3, -0.25) is 4.79 Å². The molecular weight excluding hydrogens is 348 g/mol. The Morgan fingerprint density at radius 2 is 1.96 bits per heavy atom. The Kier molecular flexibility index (Phi) is 5.68. The molecule has 1 saturated carbocycles. The van der Waals surface area contributed by atoms with E-state index < -0.39 is 0 Å². The zero-order chi connectivity index (χ0) is 17.4. The first-order valence-electron chi connectivity index (χ1n) is 9.33. The molecule has 6 heteroatoms. The van der Waals surface area contributed by atoms with Gasteiger partial charge in [-0.25, -0.2) is 4.68 Å². The number of likely N-dealkylation sites (tertiary alicyclic amines) is 1. The van der Waals surface area contributed by atoms with Crippen LogP contribution < -0.4 is 5.73 Å². The van der Waals surface area contributed by atoms with Gasteiger partial charge in [-0.15, -0.1) is 12.4 Å². The molecule has 0 bridgehead atoms. The van der Waals surface area contributed by atoms with E-state index in [1.807, 2.05) is 46.8 Å². The molecule has 2 aliphatic rings. The van der Waals surface area contributed by atoms with Crippen LogP contribution >= 0.6 is 12.4 Å². The number of halogens is 1. The summed E-state index contributed by atoms with van der Waals surface area (Å²) in [5, 5.41) is 4.56. The highest BCUT2D eigenvalue weighted by Gasteiger charge is 2.35. The van der Waals surface area contributed by atoms with Gasteiger partial charge in [0, 0.05) is 25.0 Å². The molecule has 0 radical (unpaired) electrons. The third-order valence-electron chi connectivity index (χ3n) is 5.49. The first kappa shape index (κ1) is 18.9. The van der Waals surface area contributed by atoms with Gasteiger partial charge in [0.15, 0.2) is 0 Å². The predicted molar refractivity (Wildman–Crippen MR) is 105 cm³/mol. The van der Waals surface area contributed by atoms with Crippen molar-refractivity contribution in [3.05, 3.63) is 47.8 Å². The highest BCUT2D eigenvalue weighted by Crippen LogP contribution is 2.42. The summed E-state index contributed by atoms with van der Waals surface area (Å²) in [7, 11) is 0. The molecule has 2 aromatic rings. The zero-order valence-corrected chi connectivity index (χ0v) is 16.0. The Morgan fingerprint density at radius 3 is 2.62 bits per heavy atom. The SMILES string of the molecule is CC(N)C1CCCN(C(=O)c2cnn(-c3ccccc3)c2C2CC2)C1.Cl. The van der Waals surface area contributed by atoms with Crippen LogP contribution in [0.3, 0.4) is 0 Å². The van der Waals surface area contributed by atoms with E-state index in [1.54, 1.807) is 6.20 Å². The van der Waals surface area contributed by atoms with E-state index in [0.29, 0.717) is 11.8 Å². The van der Waals surface area contributed by atoms with Gasteiger partial charge in [0.05, 0.1) is 23.1 Å². The van der Waals surface area contributed by atoms with Crippen molar-refractivity contribution in [2.75, 3.05) is 13.1 Å². The Balaban J connectivity index is 0.00000196. The summed E-state index contributed by atoms with van der Waals surface area (Å²) in [6, 6.07) is 10.2. The van der Waals surface area contributed by atoms with E-state index in [0.717, 1.165) is 55.7 Å². The molecule has 2 unspecified atom stereocenters. The Labute approximate surface area is 161 Å². The van der Waals surface area contributed by atoms with E-state index in [-0.39, 0.29) is 24.4 Å². The van der Waals surface area contributed by atoms with Crippen molar-refractivity contribution < 1.29 is 4.79 Å². The third kappa shape index (κ3) is 3.64. The second kappa shape index (κ2) is 7.80. The van der Waals surface area contributed by atoms with Gasteiger partial charge >= 0.3 is 0 Å². The standard InChI is InChI=1S/C20H26N4O.ClH/c1-14(21)16-6-5-11-23(13-16)20(25)18-12-22-24(19(18)15-9-10-15)17-7-3-2-4-8-17;/h2-4,7-8,12,14-16H,5-6,9-11,13,21H2,1H3;1H. The average molecular weight is 375 g/mol. The summed E-state index contributed by atoms with van der Waals surface area (Å²) in [6.45, 7) is 3.63. The summed E-state index contributed by atoms with van der Waals surface area (Å²) in [4.78, 5) is 15.2. The smallest absolute Gasteiger partial charge is 0.257 e. The van der Waals surface area contributed by atoms with E-state index in [4.69, 9.17) is 5.73 Å². The minimum Gasteiger partial charge on any atom is -0.338 e. The second-order valence-corrected chi connectivity index (χ2v) is 7.48. The molecule has 0 spiro atoms. The first-order valence-corrected chi connectivity index (χ1v) is 9.33. The van der Waals surface area contributed by atoms with Crippen LogP contribution in [0.1, 0.15) is 54.6 Å². The fraction of sp³-hybridized carbons (Fsp3) is 0.500. The Bertz CT molecular complexity index is 754. The van der Waals surface area contributed by atoms with Gasteiger partial charge in [0.1, 0.15) is 0 Å². The van der Waals surface area contributed by atoms with Gasteiger partial charge < -0.3 is 10.6 Å². The number of carbonyl (C=O) groups is 1. The van der Waals surface area contributed by atoms with Crippen LogP contribution in [0.25, 0.3) is 5.69 Å². The molecule has 2 fully saturated rings. The number of nitrogens with two attached hydrogens (primary N) is 1. The fourth-order valence-electron chi connectivity index (χ4n) is 3.84. The van der Waals surface area contributed by atoms with Crippen LogP contribution in [0.15, 0.2) is 36.5 Å². The predicted octanol–water partition coefficient (Wildman–Crippen LogP) is 3.37. The van der Waals surface area contributed by atoms with Crippen LogP contribution in [0, 0.1) is 5.92 Å². The van der Waals surface area contributed by atoms with Gasteiger partial charge in [-0.05, 0) is 50.7 Å². The number of benzene rings is 1. The molecule has 1 aliphatic heterocycles. The molecule has 26 heavy (non-hydrogen) atoms. The zero-order valence-electron chi connectivity index (χ0n) is 15.2. The maximum absolute atomic E-state index is 13.2. The second-order valence-electron chi connectivity index (χ2n) is 7.48. The molecular formula is C20H27ClN4O. The molecule has 4 rings (SSSR count). The average Bonchev–Trinajstić information content (AvgIpc) is 3.40. The van der Waals surface area contributed by atoms with E-state index in [2.05, 4.69) is 5.10 Å². The number of amides is 1. The molecule has 1 aromatic carbocycles. The topological polar surface area (TPSA) is 64.2 Å². The maximum Gasteiger partial charge on any atom is 0.257 e. The van der Waals surface area contributed by atoms with Gasteiger partial charge in [0.2, 0.25) is 0 Å². The molecule has 140 valence electrons. The van der Waals surface area contributed by atoms with Crippen molar-refractivity contribution in [3.8, 4) is 5.69 Å². The number of hydrogen-bond acceptors (Lipinski definition) is 3. The van der Waals surface area contributed by atoms with Crippen molar-refractivity contribution >= 4 is 18.3 Å². The summed E-state index contributed by atoms with van der Waals surface area (Å²) in [6.07, 6.45) is 6.19. The Hall–Kier alpha value is -1.85. The van der Waals surface area contributed by atoms with E-state index >= 15 is 0 Å². The minimum absolute atomic E-state index is 0. The number of carbonyl (C=O) groups excluding carboxylic acids is 1. The quantitative estimate of drug-likeness (QED) is 0.892. The Morgan fingerprint density at radius 1 is 1.23 bits per heavy atom. The molecule has 1 saturated heterocycles. The molecule has 2 N–H and O–H groups in total. The lowest BCUT2D eigenvalue weighted by atomic mass is 9.92. The van der Waals surface area contributed by atoms with Crippen LogP contribution in [-0.4, -0.2) is 39.7 Å². The number of aromatic nitrogens is 2. The molecule has 1 amide bonds. The lowest BCUT2D eigenvalue weighted by Gasteiger charge is -2.34. The van der Waals surface area contributed by atoms with Crippen LogP contribution in [0.4, 0.5) is 0 Å². The molecule has 2 heterocycles. The van der Waals surface area contributed by atoms with Crippen molar-refractivity contribution in [1.29, 1.82) is 0 Å². The summed E-state index contributed by atoms with van der Waals surface area (Å²) in [5.74, 6) is 0.969. The molecule has 2 atom stereocenters. The van der Waals surface area contributed by atoms with Crippen LogP contribution in [-0.2, 0) is 0 Å². The lowest BCUT2D eigenvalue weighted by Crippen LogP contribution is -2.45. The van der Waals surface area contributed by atoms with Crippen molar-refractivity contribution in [3.63, 3.8) is 0 Å². The maximum atomic E-state index is 13.2. The summed E-state index contributed by atoms with van der Waals surface area (Å²) < 4.78 is 1.96. The highest BCUT2D eigenvalue weighted by molar-refractivity contribution is 5.95. The largest absolute Gasteiger partial charge is 0.338 e. The van der Waals surface area contributed by atoms with E-state index in [9.17, 15) is 4.79 Å². The number of para-hydroxylation sites is 1. The van der Waals surface area contributed by atoms with E-state index in [1.165, 1.54) is 0 Å². The number of piperidine rings is 1. The number of nitrogens with zero attached hydrogens (tertiary/aromatic N) is 3. The third-order valence-corrected chi connectivity index (χ3v) is 5.49. The molecule has 1 aliphatic carbocycles. The lowest BCUT2D eigenvalue weighted by molar-refractivity contribution is 0.0659. The normalized spacial score (nSPS) is 21.2. The van der Waals surface area contributed by atoms with Gasteiger partial charge in [0.25, 0.3) is 5.91 Å². The van der Waals surface area contributed by atoms with Crippen molar-refractivity contribution in [2.24, 2.45) is 11.7 Å². The van der Waals surface area contributed by atoms with Crippen LogP contribution in [0.5, 0.6) is 0 Å². The first-order chi connectivity index (χ1) is 12.1.